The molecule has 1 aromatic heterocycles. The van der Waals surface area contributed by atoms with Gasteiger partial charge < -0.3 is 4.74 Å². The standard InChI is InChI=1S/C12H11ClN2O3S/c1-18-12-10(8-3-2-4-15-7-8)5-9(13)6-11(12)19(14,16)17/h2-7H,1H3,(H2,14,16,17). The average Bonchev–Trinajstić information content (AvgIpc) is 2.37. The molecule has 2 aromatic rings. The summed E-state index contributed by atoms with van der Waals surface area (Å²) in [5, 5.41) is 5.42. The zero-order chi connectivity index (χ0) is 14.0. The minimum Gasteiger partial charge on any atom is -0.495 e. The molecule has 0 saturated carbocycles. The Balaban J connectivity index is 2.79. The zero-order valence-electron chi connectivity index (χ0n) is 10.00. The molecule has 2 N–H and O–H groups in total. The number of ether oxygens (including phenoxy) is 1. The lowest BCUT2D eigenvalue weighted by atomic mass is 10.1. The average molecular weight is 299 g/mol. The number of primary sulfonamides is 1. The van der Waals surface area contributed by atoms with Crippen LogP contribution < -0.4 is 9.88 Å². The number of methoxy groups -OCH3 is 1. The molecule has 2 rings (SSSR count). The van der Waals surface area contributed by atoms with Gasteiger partial charge in [-0.05, 0) is 18.2 Å². The van der Waals surface area contributed by atoms with Gasteiger partial charge in [0.25, 0.3) is 0 Å². The Morgan fingerprint density at radius 3 is 2.63 bits per heavy atom. The largest absolute Gasteiger partial charge is 0.495 e. The predicted octanol–water partition coefficient (Wildman–Crippen LogP) is 2.06. The van der Waals surface area contributed by atoms with Crippen LogP contribution in [-0.4, -0.2) is 20.5 Å². The van der Waals surface area contributed by atoms with E-state index in [1.54, 1.807) is 30.6 Å². The van der Waals surface area contributed by atoms with Gasteiger partial charge in [-0.15, -0.1) is 0 Å². The van der Waals surface area contributed by atoms with E-state index in [0.717, 1.165) is 0 Å². The van der Waals surface area contributed by atoms with Crippen molar-refractivity contribution in [2.45, 2.75) is 4.90 Å². The van der Waals surface area contributed by atoms with E-state index in [1.807, 2.05) is 0 Å². The highest BCUT2D eigenvalue weighted by Gasteiger charge is 2.20. The molecule has 1 heterocycles. The lowest BCUT2D eigenvalue weighted by molar-refractivity contribution is 0.404. The Hall–Kier alpha value is -1.63. The third-order valence-corrected chi connectivity index (χ3v) is 3.64. The van der Waals surface area contributed by atoms with Crippen molar-refractivity contribution in [1.82, 2.24) is 4.98 Å². The van der Waals surface area contributed by atoms with Gasteiger partial charge in [0.2, 0.25) is 10.0 Å². The van der Waals surface area contributed by atoms with Gasteiger partial charge in [-0.1, -0.05) is 17.7 Å². The topological polar surface area (TPSA) is 82.3 Å². The first kappa shape index (κ1) is 13.8. The molecule has 0 fully saturated rings. The SMILES string of the molecule is COc1c(-c2cccnc2)cc(Cl)cc1S(N)(=O)=O. The molecule has 100 valence electrons. The van der Waals surface area contributed by atoms with Crippen LogP contribution in [-0.2, 0) is 10.0 Å². The second kappa shape index (κ2) is 5.16. The minimum absolute atomic E-state index is 0.152. The van der Waals surface area contributed by atoms with Crippen LogP contribution >= 0.6 is 11.6 Å². The highest BCUT2D eigenvalue weighted by atomic mass is 35.5. The molecule has 1 aromatic carbocycles. The molecule has 0 spiro atoms. The van der Waals surface area contributed by atoms with Crippen molar-refractivity contribution >= 4 is 21.6 Å². The molecule has 5 nitrogen and oxygen atoms in total. The number of nitrogens with two attached hydrogens (primary N) is 1. The van der Waals surface area contributed by atoms with E-state index < -0.39 is 10.0 Å². The summed E-state index contributed by atoms with van der Waals surface area (Å²) in [4.78, 5) is 3.83. The molecule has 0 saturated heterocycles. The summed E-state index contributed by atoms with van der Waals surface area (Å²) >= 11 is 5.94. The second-order valence-electron chi connectivity index (χ2n) is 3.77. The quantitative estimate of drug-likeness (QED) is 0.940. The van der Waals surface area contributed by atoms with E-state index in [-0.39, 0.29) is 15.7 Å². The summed E-state index contributed by atoms with van der Waals surface area (Å²) in [5.74, 6) is 0.153. The van der Waals surface area contributed by atoms with Crippen LogP contribution in [0.1, 0.15) is 0 Å². The van der Waals surface area contributed by atoms with Gasteiger partial charge >= 0.3 is 0 Å². The molecule has 19 heavy (non-hydrogen) atoms. The summed E-state index contributed by atoms with van der Waals surface area (Å²) in [6, 6.07) is 6.36. The number of halogens is 1. The maximum absolute atomic E-state index is 11.6. The second-order valence-corrected chi connectivity index (χ2v) is 5.74. The van der Waals surface area contributed by atoms with Gasteiger partial charge in [0.05, 0.1) is 7.11 Å². The summed E-state index contributed by atoms with van der Waals surface area (Å²) in [7, 11) is -2.56. The fourth-order valence-electron chi connectivity index (χ4n) is 1.73. The van der Waals surface area contributed by atoms with Gasteiger partial charge in [0, 0.05) is 28.5 Å². The molecule has 0 bridgehead atoms. The molecule has 0 aliphatic rings. The molecular formula is C12H11ClN2O3S. The number of hydrogen-bond acceptors (Lipinski definition) is 4. The summed E-state index contributed by atoms with van der Waals surface area (Å²) < 4.78 is 28.3. The number of sulfonamides is 1. The summed E-state index contributed by atoms with van der Waals surface area (Å²) in [6.07, 6.45) is 3.20. The smallest absolute Gasteiger partial charge is 0.241 e. The summed E-state index contributed by atoms with van der Waals surface area (Å²) in [5.41, 5.74) is 1.21. The first-order chi connectivity index (χ1) is 8.93. The normalized spacial score (nSPS) is 11.3. The Morgan fingerprint density at radius 1 is 1.37 bits per heavy atom. The minimum atomic E-state index is -3.93. The molecular weight excluding hydrogens is 288 g/mol. The van der Waals surface area contributed by atoms with Crippen LogP contribution in [0.5, 0.6) is 5.75 Å². The molecule has 0 unspecified atom stereocenters. The van der Waals surface area contributed by atoms with Gasteiger partial charge in [-0.2, -0.15) is 0 Å². The van der Waals surface area contributed by atoms with E-state index in [0.29, 0.717) is 11.1 Å². The van der Waals surface area contributed by atoms with E-state index in [1.165, 1.54) is 13.2 Å². The van der Waals surface area contributed by atoms with E-state index in [4.69, 9.17) is 21.5 Å². The van der Waals surface area contributed by atoms with Gasteiger partial charge in [0.15, 0.2) is 0 Å². The molecule has 7 heteroatoms. The lowest BCUT2D eigenvalue weighted by Gasteiger charge is -2.13. The molecule has 0 amide bonds. The monoisotopic (exact) mass is 298 g/mol. The third-order valence-electron chi connectivity index (χ3n) is 2.50. The number of aromatic nitrogens is 1. The Labute approximate surface area is 116 Å². The number of rotatable bonds is 3. The first-order valence-electron chi connectivity index (χ1n) is 5.24. The van der Waals surface area contributed by atoms with Gasteiger partial charge in [-0.25, -0.2) is 13.6 Å². The number of benzene rings is 1. The first-order valence-corrected chi connectivity index (χ1v) is 7.16. The van der Waals surface area contributed by atoms with Crippen LogP contribution in [0, 0.1) is 0 Å². The van der Waals surface area contributed by atoms with Crippen molar-refractivity contribution in [2.24, 2.45) is 5.14 Å². The van der Waals surface area contributed by atoms with Crippen molar-refractivity contribution in [1.29, 1.82) is 0 Å². The molecule has 0 radical (unpaired) electrons. The Kier molecular flexibility index (Phi) is 3.75. The van der Waals surface area contributed by atoms with E-state index >= 15 is 0 Å². The van der Waals surface area contributed by atoms with Crippen LogP contribution in [0.4, 0.5) is 0 Å². The number of hydrogen-bond donors (Lipinski definition) is 1. The highest BCUT2D eigenvalue weighted by molar-refractivity contribution is 7.89. The van der Waals surface area contributed by atoms with E-state index in [9.17, 15) is 8.42 Å². The maximum atomic E-state index is 11.6. The molecule has 0 aliphatic heterocycles. The zero-order valence-corrected chi connectivity index (χ0v) is 11.6. The van der Waals surface area contributed by atoms with Crippen molar-refractivity contribution < 1.29 is 13.2 Å². The maximum Gasteiger partial charge on any atom is 0.241 e. The Bertz CT molecular complexity index is 702. The van der Waals surface area contributed by atoms with Gasteiger partial charge in [-0.3, -0.25) is 4.98 Å². The van der Waals surface area contributed by atoms with Crippen molar-refractivity contribution in [3.8, 4) is 16.9 Å². The van der Waals surface area contributed by atoms with Crippen molar-refractivity contribution in [3.05, 3.63) is 41.7 Å². The van der Waals surface area contributed by atoms with Crippen LogP contribution in [0.2, 0.25) is 5.02 Å². The number of nitrogens with zero attached hydrogens (tertiary/aromatic N) is 1. The fourth-order valence-corrected chi connectivity index (χ4v) is 2.75. The number of pyridine rings is 1. The predicted molar refractivity (Wildman–Crippen MR) is 72.6 cm³/mol. The van der Waals surface area contributed by atoms with Gasteiger partial charge in [0.1, 0.15) is 10.6 Å². The highest BCUT2D eigenvalue weighted by Crippen LogP contribution is 2.37. The Morgan fingerprint density at radius 2 is 2.11 bits per heavy atom. The molecule has 0 atom stereocenters. The van der Waals surface area contributed by atoms with Crippen LogP contribution in [0.15, 0.2) is 41.6 Å². The third kappa shape index (κ3) is 2.86. The fraction of sp³-hybridized carbons (Fsp3) is 0.0833. The van der Waals surface area contributed by atoms with Crippen LogP contribution in [0.3, 0.4) is 0 Å². The van der Waals surface area contributed by atoms with Crippen LogP contribution in [0.25, 0.3) is 11.1 Å². The van der Waals surface area contributed by atoms with Crippen molar-refractivity contribution in [3.63, 3.8) is 0 Å². The summed E-state index contributed by atoms with van der Waals surface area (Å²) in [6.45, 7) is 0. The lowest BCUT2D eigenvalue weighted by Crippen LogP contribution is -2.14. The van der Waals surface area contributed by atoms with E-state index in [2.05, 4.69) is 4.98 Å². The van der Waals surface area contributed by atoms with Crippen molar-refractivity contribution in [2.75, 3.05) is 7.11 Å². The molecule has 0 aliphatic carbocycles.